The topological polar surface area (TPSA) is 44.7 Å². The second-order valence-electron chi connectivity index (χ2n) is 5.07. The van der Waals surface area contributed by atoms with Crippen LogP contribution in [0, 0.1) is 0 Å². The van der Waals surface area contributed by atoms with Crippen molar-refractivity contribution in [2.75, 3.05) is 6.61 Å². The van der Waals surface area contributed by atoms with Crippen molar-refractivity contribution in [2.45, 2.75) is 31.7 Å². The molecule has 0 saturated carbocycles. The zero-order valence-corrected chi connectivity index (χ0v) is 12.2. The molecule has 1 atom stereocenters. The molecule has 112 valence electrons. The number of hydrogen-bond acceptors (Lipinski definition) is 3. The Morgan fingerprint density at radius 3 is 2.50 bits per heavy atom. The summed E-state index contributed by atoms with van der Waals surface area (Å²) in [5.41, 5.74) is 0.530. The summed E-state index contributed by atoms with van der Waals surface area (Å²) in [5, 5.41) is 0. The number of nitrogens with zero attached hydrogens (tertiary/aromatic N) is 1. The average Bonchev–Trinajstić information content (AvgIpc) is 2.32. The molecular weight excluding hydrogens is 291 g/mol. The molecular formula is C13H16F3NO2S. The van der Waals surface area contributed by atoms with Crippen LogP contribution in [-0.4, -0.2) is 28.3 Å². The third-order valence-corrected chi connectivity index (χ3v) is 3.43. The number of ether oxygens (including phenoxy) is 1. The normalized spacial score (nSPS) is 14.6. The van der Waals surface area contributed by atoms with Gasteiger partial charge >= 0.3 is 6.18 Å². The molecule has 0 aliphatic rings. The highest BCUT2D eigenvalue weighted by Gasteiger charge is 2.28. The van der Waals surface area contributed by atoms with E-state index in [1.807, 2.05) is 0 Å². The number of rotatable bonds is 4. The van der Waals surface area contributed by atoms with Gasteiger partial charge in [-0.15, -0.1) is 0 Å². The summed E-state index contributed by atoms with van der Waals surface area (Å²) >= 11 is -1.41. The highest BCUT2D eigenvalue weighted by atomic mass is 32.2. The fourth-order valence-corrected chi connectivity index (χ4v) is 1.65. The minimum Gasteiger partial charge on any atom is -0.591 e. The molecule has 7 heteroatoms. The molecule has 0 saturated heterocycles. The fourth-order valence-electron chi connectivity index (χ4n) is 1.12. The van der Waals surface area contributed by atoms with Crippen LogP contribution in [0.15, 0.2) is 28.7 Å². The Bertz CT molecular complexity index is 469. The maximum atomic E-state index is 12.0. The van der Waals surface area contributed by atoms with Crippen LogP contribution in [-0.2, 0) is 11.4 Å². The van der Waals surface area contributed by atoms with Crippen LogP contribution in [0.2, 0.25) is 0 Å². The quantitative estimate of drug-likeness (QED) is 0.631. The molecule has 1 aromatic carbocycles. The van der Waals surface area contributed by atoms with Crippen molar-refractivity contribution in [3.63, 3.8) is 0 Å². The molecule has 0 aliphatic carbocycles. The van der Waals surface area contributed by atoms with Gasteiger partial charge in [-0.3, -0.25) is 0 Å². The van der Waals surface area contributed by atoms with E-state index in [0.717, 1.165) is 0 Å². The van der Waals surface area contributed by atoms with Crippen LogP contribution in [0.1, 0.15) is 26.3 Å². The lowest BCUT2D eigenvalue weighted by Crippen LogP contribution is -2.25. The minimum absolute atomic E-state index is 0.0906. The maximum Gasteiger partial charge on any atom is 0.422 e. The van der Waals surface area contributed by atoms with E-state index in [-0.39, 0.29) is 5.75 Å². The number of benzene rings is 1. The highest BCUT2D eigenvalue weighted by molar-refractivity contribution is 7.91. The summed E-state index contributed by atoms with van der Waals surface area (Å²) in [7, 11) is 0. The van der Waals surface area contributed by atoms with Gasteiger partial charge in [0.25, 0.3) is 0 Å². The molecule has 0 spiro atoms. The van der Waals surface area contributed by atoms with E-state index in [9.17, 15) is 17.7 Å². The fraction of sp³-hybridized carbons (Fsp3) is 0.462. The summed E-state index contributed by atoms with van der Waals surface area (Å²) in [5.74, 6) is 0.0906. The molecule has 3 nitrogen and oxygen atoms in total. The van der Waals surface area contributed by atoms with Crippen molar-refractivity contribution in [3.8, 4) is 5.75 Å². The van der Waals surface area contributed by atoms with Crippen molar-refractivity contribution in [1.29, 1.82) is 0 Å². The van der Waals surface area contributed by atoms with Gasteiger partial charge in [0.15, 0.2) is 6.61 Å². The molecule has 1 rings (SSSR count). The third kappa shape index (κ3) is 6.29. The van der Waals surface area contributed by atoms with Crippen molar-refractivity contribution >= 4 is 17.6 Å². The van der Waals surface area contributed by atoms with Gasteiger partial charge in [-0.2, -0.15) is 13.2 Å². The molecule has 0 radical (unpaired) electrons. The van der Waals surface area contributed by atoms with Crippen LogP contribution in [0.5, 0.6) is 5.75 Å². The van der Waals surface area contributed by atoms with Gasteiger partial charge in [0.1, 0.15) is 21.9 Å². The first-order valence-corrected chi connectivity index (χ1v) is 6.94. The molecule has 0 bridgehead atoms. The molecule has 20 heavy (non-hydrogen) atoms. The zero-order valence-electron chi connectivity index (χ0n) is 11.4. The highest BCUT2D eigenvalue weighted by Crippen LogP contribution is 2.20. The molecule has 0 aliphatic heterocycles. The van der Waals surface area contributed by atoms with Gasteiger partial charge in [0.2, 0.25) is 0 Å². The lowest BCUT2D eigenvalue weighted by molar-refractivity contribution is -0.153. The summed E-state index contributed by atoms with van der Waals surface area (Å²) in [6, 6.07) is 6.02. The lowest BCUT2D eigenvalue weighted by Gasteiger charge is -2.17. The van der Waals surface area contributed by atoms with Crippen LogP contribution in [0.4, 0.5) is 13.2 Å². The van der Waals surface area contributed by atoms with Gasteiger partial charge < -0.3 is 9.29 Å². The number of halogens is 3. The Hall–Kier alpha value is -1.21. The van der Waals surface area contributed by atoms with Gasteiger partial charge in [0, 0.05) is 5.56 Å². The van der Waals surface area contributed by atoms with Crippen LogP contribution < -0.4 is 4.74 Å². The molecule has 0 unspecified atom stereocenters. The van der Waals surface area contributed by atoms with Gasteiger partial charge in [-0.25, -0.2) is 0 Å². The molecule has 0 fully saturated rings. The Morgan fingerprint density at radius 2 is 1.95 bits per heavy atom. The van der Waals surface area contributed by atoms with Gasteiger partial charge in [0.05, 0.1) is 6.21 Å². The lowest BCUT2D eigenvalue weighted by atomic mass is 10.2. The van der Waals surface area contributed by atoms with Crippen molar-refractivity contribution in [1.82, 2.24) is 0 Å². The molecule has 0 amide bonds. The van der Waals surface area contributed by atoms with Crippen molar-refractivity contribution in [3.05, 3.63) is 29.8 Å². The van der Waals surface area contributed by atoms with E-state index >= 15 is 0 Å². The first-order chi connectivity index (χ1) is 9.08. The number of alkyl halides is 3. The van der Waals surface area contributed by atoms with Crippen molar-refractivity contribution < 1.29 is 22.5 Å². The predicted octanol–water partition coefficient (Wildman–Crippen LogP) is 3.51. The second kappa shape index (κ2) is 6.49. The van der Waals surface area contributed by atoms with E-state index in [1.165, 1.54) is 18.3 Å². The Kier molecular flexibility index (Phi) is 5.47. The molecule has 1 aromatic rings. The Labute approximate surface area is 119 Å². The first-order valence-electron chi connectivity index (χ1n) is 5.83. The largest absolute Gasteiger partial charge is 0.591 e. The average molecular weight is 307 g/mol. The van der Waals surface area contributed by atoms with E-state index in [2.05, 4.69) is 9.13 Å². The summed E-state index contributed by atoms with van der Waals surface area (Å²) in [4.78, 5) is 0. The maximum absolute atomic E-state index is 12.0. The standard InChI is InChI=1S/C13H16F3NO2S/c1-12(2,3)20(18)17-8-10-5-4-6-11(7-10)19-9-13(14,15)16/h4-8H,9H2,1-3H3/t20-/m1/s1. The van der Waals surface area contributed by atoms with Crippen LogP contribution >= 0.6 is 0 Å². The van der Waals surface area contributed by atoms with Crippen molar-refractivity contribution in [2.24, 2.45) is 4.40 Å². The zero-order chi connectivity index (χ0) is 15.4. The SMILES string of the molecule is CC(C)(C)[S@@+]([O-])N=Cc1cccc(OCC(F)(F)F)c1. The monoisotopic (exact) mass is 307 g/mol. The second-order valence-corrected chi connectivity index (χ2v) is 7.01. The molecule has 0 heterocycles. The minimum atomic E-state index is -4.38. The van der Waals surface area contributed by atoms with Gasteiger partial charge in [-0.1, -0.05) is 16.5 Å². The summed E-state index contributed by atoms with van der Waals surface area (Å²) in [6.45, 7) is 4.00. The van der Waals surface area contributed by atoms with E-state index < -0.39 is 28.9 Å². The summed E-state index contributed by atoms with van der Waals surface area (Å²) < 4.78 is 55.8. The smallest absolute Gasteiger partial charge is 0.422 e. The van der Waals surface area contributed by atoms with Gasteiger partial charge in [-0.05, 0) is 32.9 Å². The Balaban J connectivity index is 2.71. The summed E-state index contributed by atoms with van der Waals surface area (Å²) in [6.07, 6.45) is -3.01. The van der Waals surface area contributed by atoms with Crippen LogP contribution in [0.3, 0.4) is 0 Å². The third-order valence-electron chi connectivity index (χ3n) is 2.08. The van der Waals surface area contributed by atoms with E-state index in [4.69, 9.17) is 0 Å². The van der Waals surface area contributed by atoms with E-state index in [1.54, 1.807) is 32.9 Å². The Morgan fingerprint density at radius 1 is 1.30 bits per heavy atom. The van der Waals surface area contributed by atoms with E-state index in [0.29, 0.717) is 5.56 Å². The molecule has 0 aromatic heterocycles. The first kappa shape index (κ1) is 16.8. The number of hydrogen-bond donors (Lipinski definition) is 0. The predicted molar refractivity (Wildman–Crippen MR) is 73.5 cm³/mol. The van der Waals surface area contributed by atoms with Crippen LogP contribution in [0.25, 0.3) is 0 Å². The molecule has 0 N–H and O–H groups in total.